The number of hydrogen-bond donors (Lipinski definition) is 3. The van der Waals surface area contributed by atoms with E-state index in [-0.39, 0.29) is 30.3 Å². The second kappa shape index (κ2) is 7.83. The lowest BCUT2D eigenvalue weighted by atomic mass is 9.87. The highest BCUT2D eigenvalue weighted by molar-refractivity contribution is 5.92. The minimum absolute atomic E-state index is 0.00672. The van der Waals surface area contributed by atoms with Gasteiger partial charge in [-0.25, -0.2) is 0 Å². The maximum absolute atomic E-state index is 12.7. The Balaban J connectivity index is 1.28. The molecule has 0 spiro atoms. The molecule has 0 bridgehead atoms. The highest BCUT2D eigenvalue weighted by Gasteiger charge is 2.37. The molecular weight excluding hydrogens is 360 g/mol. The van der Waals surface area contributed by atoms with Crippen molar-refractivity contribution < 1.29 is 19.2 Å². The lowest BCUT2D eigenvalue weighted by Crippen LogP contribution is -2.53. The van der Waals surface area contributed by atoms with Crippen LogP contribution < -0.4 is 10.6 Å². The Morgan fingerprint density at radius 3 is 2.79 bits per heavy atom. The summed E-state index contributed by atoms with van der Waals surface area (Å²) in [5.41, 5.74) is -0.555. The van der Waals surface area contributed by atoms with Crippen LogP contribution >= 0.6 is 0 Å². The van der Waals surface area contributed by atoms with Crippen molar-refractivity contribution in [3.8, 4) is 0 Å². The van der Waals surface area contributed by atoms with Crippen LogP contribution in [0.4, 0.5) is 0 Å². The Morgan fingerprint density at radius 1 is 1.36 bits per heavy atom. The number of aliphatic hydroxyl groups is 1. The summed E-state index contributed by atoms with van der Waals surface area (Å²) < 4.78 is 5.26. The number of carbonyl (C=O) groups is 2. The fourth-order valence-electron chi connectivity index (χ4n) is 4.34. The van der Waals surface area contributed by atoms with Crippen molar-refractivity contribution in [2.75, 3.05) is 19.6 Å². The van der Waals surface area contributed by atoms with E-state index in [9.17, 15) is 14.7 Å². The number of carbonyl (C=O) groups excluding carboxylic acids is 2. The molecule has 2 aliphatic heterocycles. The molecule has 2 atom stereocenters. The molecule has 3 aliphatic rings. The van der Waals surface area contributed by atoms with Crippen LogP contribution in [0.3, 0.4) is 0 Å². The zero-order valence-corrected chi connectivity index (χ0v) is 16.4. The Kier molecular flexibility index (Phi) is 5.42. The SMILES string of the molecule is C[C@@H]1CC(NC(=O)c2cc(C3CC3)on2)CCN1C(=O)CC1(O)CCNCC1. The van der Waals surface area contributed by atoms with Gasteiger partial charge in [0.15, 0.2) is 5.69 Å². The average Bonchev–Trinajstić information content (AvgIpc) is 3.38. The molecule has 0 aromatic carbocycles. The van der Waals surface area contributed by atoms with Gasteiger partial charge in [-0.15, -0.1) is 0 Å². The van der Waals surface area contributed by atoms with Crippen molar-refractivity contribution in [3.05, 3.63) is 17.5 Å². The van der Waals surface area contributed by atoms with Crippen LogP contribution in [0.2, 0.25) is 0 Å². The van der Waals surface area contributed by atoms with Crippen LogP contribution in [0.1, 0.15) is 74.0 Å². The third-order valence-corrected chi connectivity index (χ3v) is 6.29. The number of amides is 2. The highest BCUT2D eigenvalue weighted by Crippen LogP contribution is 2.40. The van der Waals surface area contributed by atoms with Gasteiger partial charge in [-0.05, 0) is 58.5 Å². The molecule has 3 fully saturated rings. The van der Waals surface area contributed by atoms with Crippen LogP contribution in [0.25, 0.3) is 0 Å². The van der Waals surface area contributed by atoms with E-state index in [1.54, 1.807) is 6.07 Å². The summed E-state index contributed by atoms with van der Waals surface area (Å²) in [4.78, 5) is 27.0. The molecule has 154 valence electrons. The van der Waals surface area contributed by atoms with E-state index in [1.165, 1.54) is 0 Å². The van der Waals surface area contributed by atoms with Gasteiger partial charge >= 0.3 is 0 Å². The molecule has 8 nitrogen and oxygen atoms in total. The van der Waals surface area contributed by atoms with Gasteiger partial charge in [0.1, 0.15) is 5.76 Å². The maximum atomic E-state index is 12.7. The largest absolute Gasteiger partial charge is 0.389 e. The average molecular weight is 390 g/mol. The van der Waals surface area contributed by atoms with Gasteiger partial charge in [-0.1, -0.05) is 5.16 Å². The predicted molar refractivity (Wildman–Crippen MR) is 102 cm³/mol. The summed E-state index contributed by atoms with van der Waals surface area (Å²) in [5, 5.41) is 20.8. The van der Waals surface area contributed by atoms with Crippen LogP contribution in [0.5, 0.6) is 0 Å². The smallest absolute Gasteiger partial charge is 0.273 e. The molecule has 3 N–H and O–H groups in total. The molecular formula is C20H30N4O4. The molecule has 2 saturated heterocycles. The molecule has 0 radical (unpaired) electrons. The molecule has 3 heterocycles. The molecule has 1 aliphatic carbocycles. The second-order valence-electron chi connectivity index (χ2n) is 8.67. The van der Waals surface area contributed by atoms with Crippen molar-refractivity contribution in [3.63, 3.8) is 0 Å². The fourth-order valence-corrected chi connectivity index (χ4v) is 4.34. The van der Waals surface area contributed by atoms with Crippen molar-refractivity contribution in [2.45, 2.75) is 75.5 Å². The first-order chi connectivity index (χ1) is 13.4. The summed E-state index contributed by atoms with van der Waals surface area (Å²) in [7, 11) is 0. The van der Waals surface area contributed by atoms with Gasteiger partial charge in [0.25, 0.3) is 5.91 Å². The summed E-state index contributed by atoms with van der Waals surface area (Å²) in [5.74, 6) is 1.02. The molecule has 28 heavy (non-hydrogen) atoms. The van der Waals surface area contributed by atoms with Gasteiger partial charge < -0.3 is 25.2 Å². The van der Waals surface area contributed by atoms with Crippen molar-refractivity contribution in [2.24, 2.45) is 0 Å². The standard InChI is InChI=1S/C20H30N4O4/c1-13-10-15(22-19(26)16-11-17(28-23-16)14-2-3-14)4-9-24(13)18(25)12-20(27)5-7-21-8-6-20/h11,13-15,21,27H,2-10,12H2,1H3,(H,22,26)/t13-,15?/m1/s1. The molecule has 1 aromatic rings. The number of hydrogen-bond acceptors (Lipinski definition) is 6. The van der Waals surface area contributed by atoms with E-state index in [2.05, 4.69) is 15.8 Å². The molecule has 8 heteroatoms. The zero-order chi connectivity index (χ0) is 19.7. The molecule has 4 rings (SSSR count). The van der Waals surface area contributed by atoms with Crippen molar-refractivity contribution in [1.29, 1.82) is 0 Å². The van der Waals surface area contributed by atoms with E-state index < -0.39 is 5.60 Å². The quantitative estimate of drug-likeness (QED) is 0.697. The molecule has 1 aromatic heterocycles. The van der Waals surface area contributed by atoms with E-state index >= 15 is 0 Å². The minimum Gasteiger partial charge on any atom is -0.389 e. The first-order valence-corrected chi connectivity index (χ1v) is 10.4. The Bertz CT molecular complexity index is 724. The Hall–Kier alpha value is -1.93. The normalized spacial score (nSPS) is 27.4. The first-order valence-electron chi connectivity index (χ1n) is 10.4. The Morgan fingerprint density at radius 2 is 2.11 bits per heavy atom. The van der Waals surface area contributed by atoms with Gasteiger partial charge in [-0.3, -0.25) is 9.59 Å². The lowest BCUT2D eigenvalue weighted by molar-refractivity contribution is -0.141. The fraction of sp³-hybridized carbons (Fsp3) is 0.750. The van der Waals surface area contributed by atoms with E-state index in [0.29, 0.717) is 43.8 Å². The molecule has 1 saturated carbocycles. The summed E-state index contributed by atoms with van der Waals surface area (Å²) in [6.07, 6.45) is 5.01. The van der Waals surface area contributed by atoms with E-state index in [1.807, 2.05) is 11.8 Å². The summed E-state index contributed by atoms with van der Waals surface area (Å²) in [6, 6.07) is 1.78. The summed E-state index contributed by atoms with van der Waals surface area (Å²) >= 11 is 0. The van der Waals surface area contributed by atoms with E-state index in [4.69, 9.17) is 4.52 Å². The third-order valence-electron chi connectivity index (χ3n) is 6.29. The zero-order valence-electron chi connectivity index (χ0n) is 16.4. The van der Waals surface area contributed by atoms with Crippen LogP contribution in [-0.2, 0) is 4.79 Å². The van der Waals surface area contributed by atoms with Crippen molar-refractivity contribution >= 4 is 11.8 Å². The number of likely N-dealkylation sites (tertiary alicyclic amines) is 1. The first kappa shape index (κ1) is 19.4. The monoisotopic (exact) mass is 390 g/mol. The van der Waals surface area contributed by atoms with Crippen LogP contribution in [-0.4, -0.2) is 64.3 Å². The summed E-state index contributed by atoms with van der Waals surface area (Å²) in [6.45, 7) is 4.09. The van der Waals surface area contributed by atoms with E-state index in [0.717, 1.165) is 31.7 Å². The minimum atomic E-state index is -0.890. The molecule has 1 unspecified atom stereocenters. The van der Waals surface area contributed by atoms with Gasteiger partial charge in [0, 0.05) is 30.6 Å². The van der Waals surface area contributed by atoms with Gasteiger partial charge in [0.2, 0.25) is 5.91 Å². The van der Waals surface area contributed by atoms with Crippen LogP contribution in [0, 0.1) is 0 Å². The van der Waals surface area contributed by atoms with Crippen LogP contribution in [0.15, 0.2) is 10.6 Å². The number of rotatable bonds is 5. The van der Waals surface area contributed by atoms with Gasteiger partial charge in [0.05, 0.1) is 12.0 Å². The maximum Gasteiger partial charge on any atom is 0.273 e. The number of aromatic nitrogens is 1. The van der Waals surface area contributed by atoms with Crippen molar-refractivity contribution in [1.82, 2.24) is 20.7 Å². The second-order valence-corrected chi connectivity index (χ2v) is 8.67. The predicted octanol–water partition coefficient (Wildman–Crippen LogP) is 1.17. The third kappa shape index (κ3) is 4.38. The number of nitrogens with zero attached hydrogens (tertiary/aromatic N) is 2. The number of nitrogens with one attached hydrogen (secondary N) is 2. The number of piperidine rings is 2. The molecule has 2 amide bonds. The lowest BCUT2D eigenvalue weighted by Gasteiger charge is -2.40. The van der Waals surface area contributed by atoms with Gasteiger partial charge in [-0.2, -0.15) is 0 Å². The highest BCUT2D eigenvalue weighted by atomic mass is 16.5. The topological polar surface area (TPSA) is 108 Å². The Labute approximate surface area is 165 Å².